The van der Waals surface area contributed by atoms with E-state index < -0.39 is 18.0 Å². The van der Waals surface area contributed by atoms with Crippen LogP contribution in [0, 0.1) is 12.7 Å². The van der Waals surface area contributed by atoms with Crippen LogP contribution in [0.2, 0.25) is 0 Å². The van der Waals surface area contributed by atoms with Gasteiger partial charge in [0.05, 0.1) is 66.3 Å². The number of carboxylic acid groups (broad SMARTS) is 1. The van der Waals surface area contributed by atoms with Crippen molar-refractivity contribution in [3.8, 4) is 28.2 Å². The smallest absolute Gasteiger partial charge is 0.412 e. The van der Waals surface area contributed by atoms with E-state index in [1.165, 1.54) is 44.0 Å². The molecule has 2 aromatic carbocycles. The average molecular weight is 549 g/mol. The molecule has 4 heterocycles. The largest absolute Gasteiger partial charge is 0.485 e. The Labute approximate surface area is 224 Å². The molecule has 0 radical (unpaired) electrons. The van der Waals surface area contributed by atoms with Gasteiger partial charge in [0, 0.05) is 23.6 Å². The summed E-state index contributed by atoms with van der Waals surface area (Å²) in [7, 11) is 2.95. The summed E-state index contributed by atoms with van der Waals surface area (Å²) in [6.45, 7) is 1.90. The molecule has 13 heteroatoms. The highest BCUT2D eigenvalue weighted by atomic mass is 32.1. The summed E-state index contributed by atoms with van der Waals surface area (Å²) in [5, 5.41) is 10.5. The quantitative estimate of drug-likeness (QED) is 0.320. The van der Waals surface area contributed by atoms with E-state index in [1.807, 2.05) is 19.1 Å². The first-order chi connectivity index (χ1) is 18.8. The van der Waals surface area contributed by atoms with Crippen molar-refractivity contribution in [3.05, 3.63) is 53.7 Å². The summed E-state index contributed by atoms with van der Waals surface area (Å²) in [5.41, 5.74) is 4.46. The number of rotatable bonds is 6. The average Bonchev–Trinajstić information content (AvgIpc) is 3.55. The zero-order valence-corrected chi connectivity index (χ0v) is 21.8. The fourth-order valence-electron chi connectivity index (χ4n) is 4.61. The molecule has 1 aliphatic heterocycles. The lowest BCUT2D eigenvalue weighted by molar-refractivity contribution is 0.190. The van der Waals surface area contributed by atoms with Crippen LogP contribution in [0.5, 0.6) is 17.6 Å². The number of hydrogen-bond donors (Lipinski definition) is 1. The third-order valence-electron chi connectivity index (χ3n) is 6.33. The fraction of sp³-hybridized carbons (Fsp3) is 0.231. The van der Waals surface area contributed by atoms with Crippen LogP contribution in [0.3, 0.4) is 0 Å². The number of aryl methyl sites for hydroxylation is 1. The van der Waals surface area contributed by atoms with E-state index in [0.717, 1.165) is 20.7 Å². The van der Waals surface area contributed by atoms with Crippen molar-refractivity contribution in [2.24, 2.45) is 0 Å². The van der Waals surface area contributed by atoms with Crippen molar-refractivity contribution in [3.63, 3.8) is 0 Å². The van der Waals surface area contributed by atoms with Gasteiger partial charge in [-0.15, -0.1) is 11.3 Å². The van der Waals surface area contributed by atoms with Crippen LogP contribution < -0.4 is 19.1 Å². The number of amides is 1. The molecule has 3 aromatic heterocycles. The number of hydrogen-bond acceptors (Lipinski definition) is 10. The molecular formula is C26H21FN6O5S. The number of aromatic nitrogens is 5. The van der Waals surface area contributed by atoms with Crippen molar-refractivity contribution in [1.82, 2.24) is 24.9 Å². The molecule has 1 aliphatic rings. The van der Waals surface area contributed by atoms with Gasteiger partial charge in [0.15, 0.2) is 11.6 Å². The van der Waals surface area contributed by atoms with E-state index in [0.29, 0.717) is 39.4 Å². The van der Waals surface area contributed by atoms with Gasteiger partial charge in [-0.3, -0.25) is 4.90 Å². The molecule has 0 fully saturated rings. The van der Waals surface area contributed by atoms with E-state index in [-0.39, 0.29) is 24.0 Å². The minimum Gasteiger partial charge on any atom is -0.485 e. The lowest BCUT2D eigenvalue weighted by Gasteiger charge is -2.22. The molecule has 0 aliphatic carbocycles. The van der Waals surface area contributed by atoms with Gasteiger partial charge in [0.2, 0.25) is 5.88 Å². The summed E-state index contributed by atoms with van der Waals surface area (Å²) in [4.78, 5) is 34.8. The van der Waals surface area contributed by atoms with E-state index in [4.69, 9.17) is 19.2 Å². The molecular weight excluding hydrogens is 527 g/mol. The second-order valence-corrected chi connectivity index (χ2v) is 9.89. The van der Waals surface area contributed by atoms with Gasteiger partial charge >= 0.3 is 12.1 Å². The number of thiazole rings is 1. The Morgan fingerprint density at radius 2 is 1.92 bits per heavy atom. The molecule has 0 saturated carbocycles. The SMILES string of the molecule is COc1cnc2c(-c3nc4cc(F)c5c(c4s3)CC(CN(C(=O)O)c3cnc(OC)nc3)O5)cc(C)cc2n1. The highest BCUT2D eigenvalue weighted by molar-refractivity contribution is 7.22. The fourth-order valence-corrected chi connectivity index (χ4v) is 5.72. The number of carbonyl (C=O) groups is 1. The van der Waals surface area contributed by atoms with Crippen LogP contribution in [0.15, 0.2) is 36.8 Å². The molecule has 1 atom stereocenters. The number of methoxy groups -OCH3 is 2. The summed E-state index contributed by atoms with van der Waals surface area (Å²) in [6, 6.07) is 5.35. The number of nitrogens with zero attached hydrogens (tertiary/aromatic N) is 6. The summed E-state index contributed by atoms with van der Waals surface area (Å²) < 4.78 is 32.0. The Bertz CT molecular complexity index is 1750. The van der Waals surface area contributed by atoms with Crippen molar-refractivity contribution in [2.75, 3.05) is 25.7 Å². The molecule has 1 N–H and O–H groups in total. The minimum absolute atomic E-state index is 0.0494. The van der Waals surface area contributed by atoms with Crippen molar-refractivity contribution >= 4 is 44.4 Å². The standard InChI is InChI=1S/C26H21FN6O5S/c1-12-4-15(21-18(5-12)31-20(36-2)10-28-21)24-32-19-7-17(27)22-16(23(19)39-24)6-14(38-22)11-33(26(34)35)13-8-29-25(37-3)30-9-13/h4-5,7-10,14H,6,11H2,1-3H3,(H,34,35). The third-order valence-corrected chi connectivity index (χ3v) is 7.50. The molecule has 6 rings (SSSR count). The zero-order valence-electron chi connectivity index (χ0n) is 21.0. The van der Waals surface area contributed by atoms with Crippen LogP contribution in [-0.4, -0.2) is 63.0 Å². The number of anilines is 1. The third kappa shape index (κ3) is 4.40. The maximum atomic E-state index is 15.1. The Balaban J connectivity index is 1.35. The number of benzene rings is 2. The van der Waals surface area contributed by atoms with Crippen molar-refractivity contribution in [1.29, 1.82) is 0 Å². The van der Waals surface area contributed by atoms with E-state index >= 15 is 4.39 Å². The maximum absolute atomic E-state index is 15.1. The van der Waals surface area contributed by atoms with Crippen LogP contribution in [0.25, 0.3) is 31.8 Å². The summed E-state index contributed by atoms with van der Waals surface area (Å²) in [6.07, 6.45) is 2.71. The second-order valence-electron chi connectivity index (χ2n) is 8.89. The lowest BCUT2D eigenvalue weighted by Crippen LogP contribution is -2.38. The molecule has 1 unspecified atom stereocenters. The highest BCUT2D eigenvalue weighted by Gasteiger charge is 2.33. The topological polar surface area (TPSA) is 133 Å². The molecule has 0 spiro atoms. The van der Waals surface area contributed by atoms with Crippen molar-refractivity contribution in [2.45, 2.75) is 19.4 Å². The van der Waals surface area contributed by atoms with Crippen molar-refractivity contribution < 1.29 is 28.5 Å². The predicted octanol–water partition coefficient (Wildman–Crippen LogP) is 4.65. The molecule has 39 heavy (non-hydrogen) atoms. The Kier molecular flexibility index (Phi) is 6.06. The lowest BCUT2D eigenvalue weighted by atomic mass is 10.1. The summed E-state index contributed by atoms with van der Waals surface area (Å²) >= 11 is 1.41. The number of ether oxygens (including phenoxy) is 3. The Hall–Kier alpha value is -4.65. The zero-order chi connectivity index (χ0) is 27.3. The first-order valence-electron chi connectivity index (χ1n) is 11.8. The van der Waals surface area contributed by atoms with E-state index in [2.05, 4.69) is 19.9 Å². The van der Waals surface area contributed by atoms with Gasteiger partial charge in [0.1, 0.15) is 11.1 Å². The van der Waals surface area contributed by atoms with Gasteiger partial charge in [-0.25, -0.2) is 34.1 Å². The monoisotopic (exact) mass is 548 g/mol. The van der Waals surface area contributed by atoms with Gasteiger partial charge in [-0.1, -0.05) is 0 Å². The maximum Gasteiger partial charge on any atom is 0.412 e. The second kappa shape index (κ2) is 9.58. The first kappa shape index (κ1) is 24.7. The summed E-state index contributed by atoms with van der Waals surface area (Å²) in [5.74, 6) is -0.0363. The van der Waals surface area contributed by atoms with Crippen LogP contribution in [0.1, 0.15) is 11.1 Å². The molecule has 5 aromatic rings. The van der Waals surface area contributed by atoms with Crippen LogP contribution >= 0.6 is 11.3 Å². The first-order valence-corrected chi connectivity index (χ1v) is 12.6. The predicted molar refractivity (Wildman–Crippen MR) is 141 cm³/mol. The number of fused-ring (bicyclic) bond motifs is 4. The van der Waals surface area contributed by atoms with Gasteiger partial charge < -0.3 is 19.3 Å². The Morgan fingerprint density at radius 1 is 1.13 bits per heavy atom. The van der Waals surface area contributed by atoms with Gasteiger partial charge in [0.25, 0.3) is 0 Å². The molecule has 198 valence electrons. The van der Waals surface area contributed by atoms with Gasteiger partial charge in [-0.2, -0.15) is 0 Å². The molecule has 11 nitrogen and oxygen atoms in total. The van der Waals surface area contributed by atoms with E-state index in [1.54, 1.807) is 6.20 Å². The minimum atomic E-state index is -1.21. The van der Waals surface area contributed by atoms with Crippen LogP contribution in [-0.2, 0) is 6.42 Å². The number of halogens is 1. The molecule has 1 amide bonds. The highest BCUT2D eigenvalue weighted by Crippen LogP contribution is 2.43. The normalized spacial score (nSPS) is 14.3. The molecule has 0 saturated heterocycles. The van der Waals surface area contributed by atoms with Gasteiger partial charge in [-0.05, 0) is 24.6 Å². The Morgan fingerprint density at radius 3 is 2.64 bits per heavy atom. The molecule has 0 bridgehead atoms. The van der Waals surface area contributed by atoms with Crippen LogP contribution in [0.4, 0.5) is 14.9 Å². The van der Waals surface area contributed by atoms with E-state index in [9.17, 15) is 9.90 Å².